The molecule has 37 heavy (non-hydrogen) atoms. The van der Waals surface area contributed by atoms with Gasteiger partial charge in [0, 0.05) is 6.42 Å². The predicted molar refractivity (Wildman–Crippen MR) is 137 cm³/mol. The fraction of sp³-hybridized carbons (Fsp3) is 0.806. The number of rotatable bonds is 5. The average molecular weight is 523 g/mol. The van der Waals surface area contributed by atoms with E-state index in [1.54, 1.807) is 0 Å². The fourth-order valence-corrected chi connectivity index (χ4v) is 9.93. The van der Waals surface area contributed by atoms with Crippen LogP contribution in [0.25, 0.3) is 0 Å². The molecule has 4 aliphatic carbocycles. The number of halogens is 3. The topological polar surface area (TPSA) is 60.7 Å². The highest BCUT2D eigenvalue weighted by molar-refractivity contribution is 5.18. The number of alkyl halides is 3. The summed E-state index contributed by atoms with van der Waals surface area (Å²) in [7, 11) is 0. The first-order chi connectivity index (χ1) is 17.3. The third-order valence-corrected chi connectivity index (χ3v) is 12.2. The Bertz CT molecular complexity index is 953. The van der Waals surface area contributed by atoms with Gasteiger partial charge in [-0.25, -0.2) is 0 Å². The monoisotopic (exact) mass is 522 g/mol. The van der Waals surface area contributed by atoms with Gasteiger partial charge >= 0.3 is 6.18 Å². The minimum atomic E-state index is -4.56. The molecule has 4 saturated carbocycles. The van der Waals surface area contributed by atoms with E-state index in [2.05, 4.69) is 20.8 Å². The van der Waals surface area contributed by atoms with Gasteiger partial charge in [-0.15, -0.1) is 0 Å². The Morgan fingerprint density at radius 3 is 2.24 bits per heavy atom. The molecule has 3 unspecified atom stereocenters. The van der Waals surface area contributed by atoms with Crippen LogP contribution in [0.5, 0.6) is 0 Å². The summed E-state index contributed by atoms with van der Waals surface area (Å²) in [5.74, 6) is 1.85. The Hall–Kier alpha value is -1.11. The lowest BCUT2D eigenvalue weighted by Crippen LogP contribution is -2.59. The van der Waals surface area contributed by atoms with Crippen molar-refractivity contribution in [2.75, 3.05) is 0 Å². The Morgan fingerprint density at radius 2 is 1.57 bits per heavy atom. The van der Waals surface area contributed by atoms with Crippen molar-refractivity contribution < 1.29 is 28.5 Å². The van der Waals surface area contributed by atoms with Crippen molar-refractivity contribution in [1.82, 2.24) is 0 Å². The number of hydrogen-bond donors (Lipinski definition) is 3. The molecule has 3 N–H and O–H groups in total. The van der Waals surface area contributed by atoms with Gasteiger partial charge in [-0.2, -0.15) is 13.2 Å². The van der Waals surface area contributed by atoms with Crippen LogP contribution in [-0.2, 0) is 0 Å². The van der Waals surface area contributed by atoms with Gasteiger partial charge in [0.15, 0.2) is 5.60 Å². The third-order valence-electron chi connectivity index (χ3n) is 12.2. The zero-order valence-electron chi connectivity index (χ0n) is 22.6. The lowest BCUT2D eigenvalue weighted by molar-refractivity contribution is -0.290. The molecule has 0 amide bonds. The highest BCUT2D eigenvalue weighted by Gasteiger charge is 2.65. The van der Waals surface area contributed by atoms with E-state index in [0.717, 1.165) is 44.1 Å². The molecule has 0 heterocycles. The standard InChI is InChI=1S/C31H45F3O3/c1-19(26(35)17-27(36)20-7-5-4-6-8-20)23-11-12-24-22-10-9-21-18-30(37,31(32,33)34)16-15-28(21,2)25(22)13-14-29(23,24)3/h4-8,19,21-27,35-37H,9-18H2,1-3H3/t19-,21-,22?,23+,24-,25-,26+,27-,28?,29?,30-/m0/s1. The van der Waals surface area contributed by atoms with E-state index in [1.165, 1.54) is 0 Å². The molecule has 0 spiro atoms. The molecule has 0 radical (unpaired) electrons. The SMILES string of the molecule is C[C@H]([C@H](O)C[C@H](O)c1ccccc1)[C@H]1CC[C@H]2C3CC[C@H]4C[C@](O)(C(F)(F)F)CCC4(C)[C@H]3CCC12C. The van der Waals surface area contributed by atoms with Crippen molar-refractivity contribution in [2.24, 2.45) is 46.3 Å². The first kappa shape index (κ1) is 27.5. The molecule has 0 bridgehead atoms. The number of aliphatic hydroxyl groups is 3. The molecule has 5 rings (SSSR count). The summed E-state index contributed by atoms with van der Waals surface area (Å²) < 4.78 is 40.9. The maximum Gasteiger partial charge on any atom is 0.417 e. The van der Waals surface area contributed by atoms with E-state index < -0.39 is 24.0 Å². The second kappa shape index (κ2) is 9.52. The quantitative estimate of drug-likeness (QED) is 0.388. The Balaban J connectivity index is 1.28. The number of fused-ring (bicyclic) bond motifs is 5. The molecule has 208 valence electrons. The van der Waals surface area contributed by atoms with Crippen LogP contribution >= 0.6 is 0 Å². The zero-order valence-corrected chi connectivity index (χ0v) is 22.6. The minimum Gasteiger partial charge on any atom is -0.393 e. The molecule has 1 aromatic carbocycles. The summed E-state index contributed by atoms with van der Waals surface area (Å²) in [6.07, 6.45) is 0.629. The van der Waals surface area contributed by atoms with E-state index in [-0.39, 0.29) is 35.5 Å². The van der Waals surface area contributed by atoms with Gasteiger partial charge in [0.05, 0.1) is 12.2 Å². The van der Waals surface area contributed by atoms with Gasteiger partial charge in [-0.05, 0) is 110 Å². The predicted octanol–water partition coefficient (Wildman–Crippen LogP) is 7.06. The van der Waals surface area contributed by atoms with Crippen molar-refractivity contribution in [3.8, 4) is 0 Å². The van der Waals surface area contributed by atoms with Crippen molar-refractivity contribution in [3.05, 3.63) is 35.9 Å². The second-order valence-electron chi connectivity index (χ2n) is 13.7. The fourth-order valence-electron chi connectivity index (χ4n) is 9.93. The second-order valence-corrected chi connectivity index (χ2v) is 13.7. The van der Waals surface area contributed by atoms with Crippen LogP contribution in [-0.4, -0.2) is 33.2 Å². The molecule has 0 aliphatic heterocycles. The van der Waals surface area contributed by atoms with Crippen LogP contribution in [0.15, 0.2) is 30.3 Å². The zero-order chi connectivity index (χ0) is 26.8. The largest absolute Gasteiger partial charge is 0.417 e. The van der Waals surface area contributed by atoms with Crippen LogP contribution in [0.2, 0.25) is 0 Å². The maximum atomic E-state index is 13.6. The highest BCUT2D eigenvalue weighted by atomic mass is 19.4. The van der Waals surface area contributed by atoms with E-state index in [9.17, 15) is 28.5 Å². The lowest BCUT2D eigenvalue weighted by Gasteiger charge is -2.62. The summed E-state index contributed by atoms with van der Waals surface area (Å²) >= 11 is 0. The van der Waals surface area contributed by atoms with Crippen LogP contribution in [0.1, 0.15) is 96.6 Å². The number of benzene rings is 1. The van der Waals surface area contributed by atoms with Crippen LogP contribution in [0, 0.1) is 46.3 Å². The van der Waals surface area contributed by atoms with Gasteiger partial charge in [0.1, 0.15) is 0 Å². The van der Waals surface area contributed by atoms with Gasteiger partial charge < -0.3 is 15.3 Å². The maximum absolute atomic E-state index is 13.6. The molecule has 0 aromatic heterocycles. The molecule has 4 aliphatic rings. The summed E-state index contributed by atoms with van der Waals surface area (Å²) in [5, 5.41) is 32.4. The molecule has 0 saturated heterocycles. The first-order valence-electron chi connectivity index (χ1n) is 14.5. The highest BCUT2D eigenvalue weighted by Crippen LogP contribution is 2.69. The third kappa shape index (κ3) is 4.47. The van der Waals surface area contributed by atoms with E-state index in [1.807, 2.05) is 30.3 Å². The molecule has 6 heteroatoms. The molecule has 3 nitrogen and oxygen atoms in total. The number of hydrogen-bond acceptors (Lipinski definition) is 3. The van der Waals surface area contributed by atoms with Gasteiger partial charge in [0.2, 0.25) is 0 Å². The normalized spacial score (nSPS) is 44.3. The Kier molecular flexibility index (Phi) is 7.06. The van der Waals surface area contributed by atoms with E-state index in [0.29, 0.717) is 36.5 Å². The minimum absolute atomic E-state index is 0.0732. The van der Waals surface area contributed by atoms with E-state index >= 15 is 0 Å². The molecule has 11 atom stereocenters. The summed E-state index contributed by atoms with van der Waals surface area (Å²) in [6.45, 7) is 6.76. The van der Waals surface area contributed by atoms with Crippen LogP contribution in [0.3, 0.4) is 0 Å². The van der Waals surface area contributed by atoms with Gasteiger partial charge in [0.25, 0.3) is 0 Å². The lowest BCUT2D eigenvalue weighted by atomic mass is 9.43. The number of aliphatic hydroxyl groups excluding tert-OH is 2. The van der Waals surface area contributed by atoms with Crippen molar-refractivity contribution >= 4 is 0 Å². The summed E-state index contributed by atoms with van der Waals surface area (Å²) in [6, 6.07) is 9.52. The Labute approximate surface area is 219 Å². The molecular weight excluding hydrogens is 477 g/mol. The smallest absolute Gasteiger partial charge is 0.393 e. The van der Waals surface area contributed by atoms with Crippen molar-refractivity contribution in [2.45, 2.75) is 109 Å². The summed E-state index contributed by atoms with van der Waals surface area (Å²) in [4.78, 5) is 0. The van der Waals surface area contributed by atoms with Gasteiger partial charge in [-0.3, -0.25) is 0 Å². The molecular formula is C31H45F3O3. The average Bonchev–Trinajstić information content (AvgIpc) is 3.21. The van der Waals surface area contributed by atoms with E-state index in [4.69, 9.17) is 0 Å². The van der Waals surface area contributed by atoms with Crippen LogP contribution < -0.4 is 0 Å². The van der Waals surface area contributed by atoms with Crippen LogP contribution in [0.4, 0.5) is 13.2 Å². The first-order valence-corrected chi connectivity index (χ1v) is 14.5. The Morgan fingerprint density at radius 1 is 0.892 bits per heavy atom. The molecule has 1 aromatic rings. The molecule has 4 fully saturated rings. The summed E-state index contributed by atoms with van der Waals surface area (Å²) in [5.41, 5.74) is -1.71. The van der Waals surface area contributed by atoms with Crippen molar-refractivity contribution in [1.29, 1.82) is 0 Å². The van der Waals surface area contributed by atoms with Gasteiger partial charge in [-0.1, -0.05) is 51.1 Å². The van der Waals surface area contributed by atoms with Crippen molar-refractivity contribution in [3.63, 3.8) is 0 Å².